The van der Waals surface area contributed by atoms with Crippen LogP contribution in [0.1, 0.15) is 34.4 Å². The van der Waals surface area contributed by atoms with E-state index in [0.29, 0.717) is 5.82 Å². The van der Waals surface area contributed by atoms with Gasteiger partial charge in [0.1, 0.15) is 4.88 Å². The van der Waals surface area contributed by atoms with E-state index in [-0.39, 0.29) is 23.2 Å². The summed E-state index contributed by atoms with van der Waals surface area (Å²) in [6, 6.07) is 12.0. The predicted molar refractivity (Wildman–Crippen MR) is 100 cm³/mol. The second-order valence-corrected chi connectivity index (χ2v) is 7.45. The zero-order valence-electron chi connectivity index (χ0n) is 14.9. The average Bonchev–Trinajstić information content (AvgIpc) is 3.30. The Hall–Kier alpha value is -3.07. The molecule has 0 aliphatic carbocycles. The molecule has 1 unspecified atom stereocenters. The second-order valence-electron chi connectivity index (χ2n) is 6.28. The third-order valence-corrected chi connectivity index (χ3v) is 4.99. The van der Waals surface area contributed by atoms with Crippen LogP contribution in [0.2, 0.25) is 0 Å². The molecule has 0 radical (unpaired) electrons. The lowest BCUT2D eigenvalue weighted by atomic mass is 10.0. The van der Waals surface area contributed by atoms with Crippen molar-refractivity contribution >= 4 is 23.2 Å². The van der Waals surface area contributed by atoms with E-state index >= 15 is 0 Å². The summed E-state index contributed by atoms with van der Waals surface area (Å²) in [4.78, 5) is 26.0. The number of nitrogens with one attached hydrogen (secondary N) is 1. The first-order valence-electron chi connectivity index (χ1n) is 8.40. The summed E-state index contributed by atoms with van der Waals surface area (Å²) in [7, 11) is 0. The summed E-state index contributed by atoms with van der Waals surface area (Å²) >= 11 is 1.14. The molecule has 8 nitrogen and oxygen atoms in total. The largest absolute Gasteiger partial charge is 0.477 e. The van der Waals surface area contributed by atoms with E-state index in [9.17, 15) is 9.59 Å². The van der Waals surface area contributed by atoms with Crippen LogP contribution in [0.25, 0.3) is 11.4 Å². The number of hydrogen-bond acceptors (Lipinski definition) is 6. The van der Waals surface area contributed by atoms with Crippen molar-refractivity contribution in [1.82, 2.24) is 25.5 Å². The number of aromatic carboxylic acids is 1. The molecule has 0 spiro atoms. The zero-order chi connectivity index (χ0) is 19.4. The van der Waals surface area contributed by atoms with Gasteiger partial charge in [-0.3, -0.25) is 4.79 Å². The molecule has 140 valence electrons. The second kappa shape index (κ2) is 8.09. The highest BCUT2D eigenvalue weighted by Gasteiger charge is 2.27. The number of benzene rings is 1. The zero-order valence-corrected chi connectivity index (χ0v) is 15.7. The van der Waals surface area contributed by atoms with Gasteiger partial charge in [-0.05, 0) is 23.3 Å². The number of carboxylic acids is 1. The molecular weight excluding hydrogens is 366 g/mol. The number of amides is 1. The molecule has 0 saturated carbocycles. The maximum atomic E-state index is 12.7. The number of rotatable bonds is 7. The summed E-state index contributed by atoms with van der Waals surface area (Å²) < 4.78 is 0. The van der Waals surface area contributed by atoms with Gasteiger partial charge < -0.3 is 10.4 Å². The van der Waals surface area contributed by atoms with E-state index in [2.05, 4.69) is 20.7 Å². The summed E-state index contributed by atoms with van der Waals surface area (Å²) in [5, 5.41) is 24.3. The normalized spacial score (nSPS) is 12.1. The molecule has 1 aromatic carbocycles. The van der Waals surface area contributed by atoms with Crippen molar-refractivity contribution in [3.8, 4) is 11.4 Å². The lowest BCUT2D eigenvalue weighted by molar-refractivity contribution is -0.126. The standard InChI is InChI=1S/C18H19N5O3S/c1-11(2)15(17(24)19-10-13-8-9-14(27-13)18(25)26)23-21-16(20-22-23)12-6-4-3-5-7-12/h3-9,11,15H,10H2,1-2H3,(H,19,24)(H,25,26). The molecule has 1 amide bonds. The van der Waals surface area contributed by atoms with Gasteiger partial charge in [-0.25, -0.2) is 4.79 Å². The minimum absolute atomic E-state index is 0.0549. The van der Waals surface area contributed by atoms with E-state index < -0.39 is 12.0 Å². The Bertz CT molecular complexity index is 935. The smallest absolute Gasteiger partial charge is 0.345 e. The highest BCUT2D eigenvalue weighted by atomic mass is 32.1. The molecule has 0 aliphatic heterocycles. The van der Waals surface area contributed by atoms with Gasteiger partial charge in [0, 0.05) is 10.4 Å². The fourth-order valence-corrected chi connectivity index (χ4v) is 3.37. The molecule has 1 atom stereocenters. The van der Waals surface area contributed by atoms with Gasteiger partial charge in [-0.15, -0.1) is 21.5 Å². The summed E-state index contributed by atoms with van der Waals surface area (Å²) in [5.41, 5.74) is 0.825. The van der Waals surface area contributed by atoms with Crippen molar-refractivity contribution in [3.05, 3.63) is 52.2 Å². The Morgan fingerprint density at radius 3 is 2.56 bits per heavy atom. The number of thiophene rings is 1. The van der Waals surface area contributed by atoms with Crippen molar-refractivity contribution < 1.29 is 14.7 Å². The molecule has 27 heavy (non-hydrogen) atoms. The minimum atomic E-state index is -0.974. The van der Waals surface area contributed by atoms with Gasteiger partial charge >= 0.3 is 5.97 Å². The van der Waals surface area contributed by atoms with Gasteiger partial charge in [0.15, 0.2) is 6.04 Å². The van der Waals surface area contributed by atoms with Crippen LogP contribution >= 0.6 is 11.3 Å². The van der Waals surface area contributed by atoms with Gasteiger partial charge in [-0.2, -0.15) is 4.80 Å². The molecule has 2 heterocycles. The summed E-state index contributed by atoms with van der Waals surface area (Å²) in [6.45, 7) is 4.06. The SMILES string of the molecule is CC(C)C(C(=O)NCc1ccc(C(=O)O)s1)n1nnc(-c2ccccc2)n1. The maximum absolute atomic E-state index is 12.7. The lowest BCUT2D eigenvalue weighted by Gasteiger charge is -2.18. The Kier molecular flexibility index (Phi) is 5.60. The minimum Gasteiger partial charge on any atom is -0.477 e. The topological polar surface area (TPSA) is 110 Å². The number of aromatic nitrogens is 4. The molecule has 0 saturated heterocycles. The number of hydrogen-bond donors (Lipinski definition) is 2. The Morgan fingerprint density at radius 2 is 1.93 bits per heavy atom. The average molecular weight is 385 g/mol. The Morgan fingerprint density at radius 1 is 1.19 bits per heavy atom. The third-order valence-electron chi connectivity index (χ3n) is 3.92. The predicted octanol–water partition coefficient (Wildman–Crippen LogP) is 2.61. The first-order valence-corrected chi connectivity index (χ1v) is 9.22. The molecule has 3 aromatic rings. The molecule has 2 N–H and O–H groups in total. The van der Waals surface area contributed by atoms with Crippen molar-refractivity contribution in [2.45, 2.75) is 26.4 Å². The highest BCUT2D eigenvalue weighted by molar-refractivity contribution is 7.13. The van der Waals surface area contributed by atoms with Crippen molar-refractivity contribution in [2.75, 3.05) is 0 Å². The monoisotopic (exact) mass is 385 g/mol. The van der Waals surface area contributed by atoms with Gasteiger partial charge in [0.05, 0.1) is 6.54 Å². The van der Waals surface area contributed by atoms with E-state index in [1.807, 2.05) is 44.2 Å². The van der Waals surface area contributed by atoms with Crippen LogP contribution in [0.5, 0.6) is 0 Å². The van der Waals surface area contributed by atoms with Crippen LogP contribution in [0.4, 0.5) is 0 Å². The quantitative estimate of drug-likeness (QED) is 0.647. The fraction of sp³-hybridized carbons (Fsp3) is 0.278. The first-order chi connectivity index (χ1) is 13.0. The number of carbonyl (C=O) groups excluding carboxylic acids is 1. The molecule has 9 heteroatoms. The van der Waals surface area contributed by atoms with E-state index in [1.165, 1.54) is 10.9 Å². The summed E-state index contributed by atoms with van der Waals surface area (Å²) in [6.07, 6.45) is 0. The number of carboxylic acid groups (broad SMARTS) is 1. The van der Waals surface area contributed by atoms with Crippen molar-refractivity contribution in [2.24, 2.45) is 5.92 Å². The van der Waals surface area contributed by atoms with E-state index in [1.54, 1.807) is 6.07 Å². The first kappa shape index (κ1) is 18.7. The summed E-state index contributed by atoms with van der Waals surface area (Å²) in [5.74, 6) is -0.815. The number of tetrazole rings is 1. The lowest BCUT2D eigenvalue weighted by Crippen LogP contribution is -2.36. The Balaban J connectivity index is 1.72. The van der Waals surface area contributed by atoms with E-state index in [0.717, 1.165) is 21.8 Å². The Labute approximate surface area is 159 Å². The van der Waals surface area contributed by atoms with Crippen LogP contribution in [0, 0.1) is 5.92 Å². The molecule has 0 aliphatic rings. The number of nitrogens with zero attached hydrogens (tertiary/aromatic N) is 4. The van der Waals surface area contributed by atoms with Crippen LogP contribution < -0.4 is 5.32 Å². The fourth-order valence-electron chi connectivity index (χ4n) is 2.59. The number of carbonyl (C=O) groups is 2. The van der Waals surface area contributed by atoms with Crippen molar-refractivity contribution in [1.29, 1.82) is 0 Å². The maximum Gasteiger partial charge on any atom is 0.345 e. The third kappa shape index (κ3) is 4.37. The van der Waals surface area contributed by atoms with Gasteiger partial charge in [0.25, 0.3) is 0 Å². The van der Waals surface area contributed by atoms with Gasteiger partial charge in [0.2, 0.25) is 11.7 Å². The van der Waals surface area contributed by atoms with Crippen LogP contribution in [0.3, 0.4) is 0 Å². The molecule has 2 aromatic heterocycles. The van der Waals surface area contributed by atoms with E-state index in [4.69, 9.17) is 5.11 Å². The molecule has 3 rings (SSSR count). The molecule has 0 bridgehead atoms. The molecule has 0 fully saturated rings. The van der Waals surface area contributed by atoms with Crippen LogP contribution in [-0.4, -0.2) is 37.2 Å². The van der Waals surface area contributed by atoms with Gasteiger partial charge in [-0.1, -0.05) is 44.2 Å². The van der Waals surface area contributed by atoms with Crippen LogP contribution in [-0.2, 0) is 11.3 Å². The molecular formula is C18H19N5O3S. The van der Waals surface area contributed by atoms with Crippen LogP contribution in [0.15, 0.2) is 42.5 Å². The van der Waals surface area contributed by atoms with Crippen molar-refractivity contribution in [3.63, 3.8) is 0 Å². The highest BCUT2D eigenvalue weighted by Crippen LogP contribution is 2.20.